The van der Waals surface area contributed by atoms with Crippen LogP contribution in [-0.4, -0.2) is 0 Å². The zero-order valence-electron chi connectivity index (χ0n) is 9.50. The Morgan fingerprint density at radius 1 is 0.944 bits per heavy atom. The van der Waals surface area contributed by atoms with E-state index in [1.54, 1.807) is 0 Å². The Bertz CT molecular complexity index is 526. The van der Waals surface area contributed by atoms with Crippen LogP contribution in [-0.2, 0) is 11.9 Å². The van der Waals surface area contributed by atoms with Gasteiger partial charge in [0.05, 0.1) is 0 Å². The Labute approximate surface area is 125 Å². The fraction of sp³-hybridized carbons (Fsp3) is 0.143. The summed E-state index contributed by atoms with van der Waals surface area (Å²) in [6.45, 7) is 0.513. The largest absolute Gasteiger partial charge is 0.489 e. The second kappa shape index (κ2) is 6.46. The maximum absolute atomic E-state index is 5.94. The fourth-order valence-electron chi connectivity index (χ4n) is 1.53. The average Bonchev–Trinajstić information content (AvgIpc) is 2.39. The molecule has 0 radical (unpaired) electrons. The second-order valence-corrected chi connectivity index (χ2v) is 5.23. The minimum atomic E-state index is 0.513. The SMILES string of the molecule is Clc1ccc(COc2ccc(Cl)cc2CBr)cc1. The highest BCUT2D eigenvalue weighted by Gasteiger charge is 2.04. The smallest absolute Gasteiger partial charge is 0.123 e. The standard InChI is InChI=1S/C14H11BrCl2O/c15-8-11-7-13(17)5-6-14(11)18-9-10-1-3-12(16)4-2-10/h1-7H,8-9H2. The van der Waals surface area contributed by atoms with E-state index in [1.807, 2.05) is 42.5 Å². The molecule has 0 spiro atoms. The molecule has 0 fully saturated rings. The summed E-state index contributed by atoms with van der Waals surface area (Å²) >= 11 is 15.2. The van der Waals surface area contributed by atoms with Gasteiger partial charge < -0.3 is 4.74 Å². The highest BCUT2D eigenvalue weighted by molar-refractivity contribution is 9.08. The minimum Gasteiger partial charge on any atom is -0.489 e. The van der Waals surface area contributed by atoms with Crippen LogP contribution in [0.2, 0.25) is 10.0 Å². The molecule has 0 saturated heterocycles. The first kappa shape index (κ1) is 13.7. The summed E-state index contributed by atoms with van der Waals surface area (Å²) in [6.07, 6.45) is 0. The van der Waals surface area contributed by atoms with E-state index < -0.39 is 0 Å². The van der Waals surface area contributed by atoms with Crippen LogP contribution in [0.5, 0.6) is 5.75 Å². The van der Waals surface area contributed by atoms with Crippen molar-refractivity contribution in [2.24, 2.45) is 0 Å². The van der Waals surface area contributed by atoms with E-state index in [1.165, 1.54) is 0 Å². The Morgan fingerprint density at radius 3 is 2.28 bits per heavy atom. The van der Waals surface area contributed by atoms with Crippen molar-refractivity contribution in [2.75, 3.05) is 0 Å². The Balaban J connectivity index is 2.08. The number of rotatable bonds is 4. The minimum absolute atomic E-state index is 0.513. The number of alkyl halides is 1. The third-order valence-corrected chi connectivity index (χ3v) is 3.57. The first-order valence-electron chi connectivity index (χ1n) is 5.40. The van der Waals surface area contributed by atoms with Gasteiger partial charge in [-0.1, -0.05) is 51.3 Å². The molecule has 0 aliphatic rings. The molecule has 2 aromatic rings. The summed E-state index contributed by atoms with van der Waals surface area (Å²) < 4.78 is 5.78. The molecule has 0 heterocycles. The van der Waals surface area contributed by atoms with Crippen molar-refractivity contribution in [3.05, 3.63) is 63.6 Å². The number of hydrogen-bond donors (Lipinski definition) is 0. The molecule has 0 aromatic heterocycles. The Kier molecular flexibility index (Phi) is 4.93. The third-order valence-electron chi connectivity index (χ3n) is 2.47. The van der Waals surface area contributed by atoms with Crippen LogP contribution in [0, 0.1) is 0 Å². The lowest BCUT2D eigenvalue weighted by Crippen LogP contribution is -1.97. The van der Waals surface area contributed by atoms with Crippen LogP contribution in [0.1, 0.15) is 11.1 Å². The molecular formula is C14H11BrCl2O. The van der Waals surface area contributed by atoms with Crippen molar-refractivity contribution in [1.29, 1.82) is 0 Å². The van der Waals surface area contributed by atoms with E-state index in [9.17, 15) is 0 Å². The summed E-state index contributed by atoms with van der Waals surface area (Å²) in [5, 5.41) is 2.15. The van der Waals surface area contributed by atoms with E-state index in [0.29, 0.717) is 17.0 Å². The molecule has 4 heteroatoms. The van der Waals surface area contributed by atoms with E-state index in [4.69, 9.17) is 27.9 Å². The van der Waals surface area contributed by atoms with Crippen molar-refractivity contribution < 1.29 is 4.74 Å². The van der Waals surface area contributed by atoms with Crippen LogP contribution in [0.4, 0.5) is 0 Å². The molecule has 0 unspecified atom stereocenters. The van der Waals surface area contributed by atoms with Gasteiger partial charge in [-0.2, -0.15) is 0 Å². The molecule has 1 nitrogen and oxygen atoms in total. The molecule has 0 N–H and O–H groups in total. The zero-order valence-corrected chi connectivity index (χ0v) is 12.6. The van der Waals surface area contributed by atoms with E-state index in [2.05, 4.69) is 15.9 Å². The maximum atomic E-state index is 5.94. The highest BCUT2D eigenvalue weighted by atomic mass is 79.9. The van der Waals surface area contributed by atoms with Crippen LogP contribution in [0.3, 0.4) is 0 Å². The topological polar surface area (TPSA) is 9.23 Å². The molecule has 0 amide bonds. The van der Waals surface area contributed by atoms with Gasteiger partial charge in [-0.05, 0) is 35.9 Å². The van der Waals surface area contributed by atoms with Gasteiger partial charge >= 0.3 is 0 Å². The van der Waals surface area contributed by atoms with Crippen molar-refractivity contribution in [3.8, 4) is 5.75 Å². The first-order valence-corrected chi connectivity index (χ1v) is 7.28. The van der Waals surface area contributed by atoms with Crippen LogP contribution in [0.15, 0.2) is 42.5 Å². The monoisotopic (exact) mass is 344 g/mol. The van der Waals surface area contributed by atoms with E-state index in [-0.39, 0.29) is 0 Å². The van der Waals surface area contributed by atoms with Crippen molar-refractivity contribution in [1.82, 2.24) is 0 Å². The molecule has 2 rings (SSSR count). The molecule has 0 aliphatic heterocycles. The second-order valence-electron chi connectivity index (χ2n) is 3.80. The summed E-state index contributed by atoms with van der Waals surface area (Å²) in [5.41, 5.74) is 2.12. The van der Waals surface area contributed by atoms with Gasteiger partial charge in [0.1, 0.15) is 12.4 Å². The molecule has 0 bridgehead atoms. The summed E-state index contributed by atoms with van der Waals surface area (Å²) in [6, 6.07) is 13.2. The van der Waals surface area contributed by atoms with Gasteiger partial charge in [0.25, 0.3) is 0 Å². The summed E-state index contributed by atoms with van der Waals surface area (Å²) in [5.74, 6) is 0.839. The van der Waals surface area contributed by atoms with Crippen LogP contribution >= 0.6 is 39.1 Å². The number of benzene rings is 2. The molecular weight excluding hydrogens is 335 g/mol. The predicted molar refractivity (Wildman–Crippen MR) is 79.9 cm³/mol. The van der Waals surface area contributed by atoms with E-state index in [0.717, 1.165) is 21.9 Å². The first-order chi connectivity index (χ1) is 8.69. The number of halogens is 3. The van der Waals surface area contributed by atoms with Crippen LogP contribution in [0.25, 0.3) is 0 Å². The van der Waals surface area contributed by atoms with Gasteiger partial charge in [0.2, 0.25) is 0 Å². The number of ether oxygens (including phenoxy) is 1. The lowest BCUT2D eigenvalue weighted by atomic mass is 10.2. The normalized spacial score (nSPS) is 10.4. The molecule has 0 saturated carbocycles. The fourth-order valence-corrected chi connectivity index (χ4v) is 2.29. The molecule has 2 aromatic carbocycles. The lowest BCUT2D eigenvalue weighted by molar-refractivity contribution is 0.304. The van der Waals surface area contributed by atoms with Gasteiger partial charge in [0, 0.05) is 20.9 Å². The Hall–Kier alpha value is -0.700. The quantitative estimate of drug-likeness (QED) is 0.668. The van der Waals surface area contributed by atoms with Crippen molar-refractivity contribution >= 4 is 39.1 Å². The summed E-state index contributed by atoms with van der Waals surface area (Å²) in [7, 11) is 0. The molecule has 0 aliphatic carbocycles. The van der Waals surface area contributed by atoms with Crippen molar-refractivity contribution in [3.63, 3.8) is 0 Å². The van der Waals surface area contributed by atoms with E-state index >= 15 is 0 Å². The zero-order chi connectivity index (χ0) is 13.0. The van der Waals surface area contributed by atoms with Gasteiger partial charge in [-0.15, -0.1) is 0 Å². The molecule has 94 valence electrons. The van der Waals surface area contributed by atoms with Gasteiger partial charge in [-0.25, -0.2) is 0 Å². The van der Waals surface area contributed by atoms with Gasteiger partial charge in [-0.3, -0.25) is 0 Å². The predicted octanol–water partition coefficient (Wildman–Crippen LogP) is 5.47. The average molecular weight is 346 g/mol. The number of hydrogen-bond acceptors (Lipinski definition) is 1. The van der Waals surface area contributed by atoms with Crippen molar-refractivity contribution in [2.45, 2.75) is 11.9 Å². The lowest BCUT2D eigenvalue weighted by Gasteiger charge is -2.10. The van der Waals surface area contributed by atoms with Crippen LogP contribution < -0.4 is 4.74 Å². The molecule has 0 atom stereocenters. The third kappa shape index (κ3) is 3.64. The highest BCUT2D eigenvalue weighted by Crippen LogP contribution is 2.25. The molecule has 18 heavy (non-hydrogen) atoms. The maximum Gasteiger partial charge on any atom is 0.123 e. The Morgan fingerprint density at radius 2 is 1.61 bits per heavy atom. The summed E-state index contributed by atoms with van der Waals surface area (Å²) in [4.78, 5) is 0. The van der Waals surface area contributed by atoms with Gasteiger partial charge in [0.15, 0.2) is 0 Å².